The standard InChI is InChI=1S/C20H28NO6P/c1-15(2)27-20(24)17(12-19(22)23)18-14-28(25,11-10-21(18,3)4)26-13-16-8-6-5-7-9-16/h5-9,12,15,18H,10-11,13-14H2,1-4H3/p+1/b17-12+. The van der Waals surface area contributed by atoms with E-state index in [2.05, 4.69) is 0 Å². The molecular formula is C20H29NO6P+. The highest BCUT2D eigenvalue weighted by Crippen LogP contribution is 2.53. The molecule has 1 aromatic carbocycles. The number of ether oxygens (including phenoxy) is 1. The van der Waals surface area contributed by atoms with Crippen molar-refractivity contribution in [1.82, 2.24) is 0 Å². The van der Waals surface area contributed by atoms with E-state index in [-0.39, 0.29) is 24.4 Å². The topological polar surface area (TPSA) is 89.9 Å². The van der Waals surface area contributed by atoms with Gasteiger partial charge in [0.15, 0.2) is 0 Å². The Balaban J connectivity index is 2.26. The quantitative estimate of drug-likeness (QED) is 0.322. The Labute approximate surface area is 166 Å². The number of hydrogen-bond donors (Lipinski definition) is 1. The first-order valence-corrected chi connectivity index (χ1v) is 11.3. The number of nitrogens with zero attached hydrogens (tertiary/aromatic N) is 1. The van der Waals surface area contributed by atoms with Crippen LogP contribution in [-0.4, -0.2) is 66.6 Å². The molecule has 0 amide bonds. The van der Waals surface area contributed by atoms with Crippen molar-refractivity contribution in [3.63, 3.8) is 0 Å². The van der Waals surface area contributed by atoms with E-state index in [0.29, 0.717) is 17.2 Å². The summed E-state index contributed by atoms with van der Waals surface area (Å²) in [6.45, 7) is 4.12. The SMILES string of the molecule is CC(C)OC(=O)/C(=C/C(=O)O)C1CP(=O)(OCc2ccccc2)CC[N+]1(C)C. The van der Waals surface area contributed by atoms with E-state index in [1.54, 1.807) is 13.8 Å². The van der Waals surface area contributed by atoms with E-state index in [4.69, 9.17) is 9.26 Å². The van der Waals surface area contributed by atoms with Gasteiger partial charge in [-0.1, -0.05) is 30.3 Å². The summed E-state index contributed by atoms with van der Waals surface area (Å²) in [6, 6.07) is 8.86. The fourth-order valence-corrected chi connectivity index (χ4v) is 5.99. The predicted molar refractivity (Wildman–Crippen MR) is 106 cm³/mol. The molecule has 154 valence electrons. The fourth-order valence-electron chi connectivity index (χ4n) is 3.21. The van der Waals surface area contributed by atoms with Crippen molar-refractivity contribution in [3.05, 3.63) is 47.5 Å². The van der Waals surface area contributed by atoms with E-state index in [1.165, 1.54) is 0 Å². The van der Waals surface area contributed by atoms with Crippen LogP contribution in [0.4, 0.5) is 0 Å². The third-order valence-corrected chi connectivity index (χ3v) is 7.22. The largest absolute Gasteiger partial charge is 0.478 e. The van der Waals surface area contributed by atoms with Crippen molar-refractivity contribution in [1.29, 1.82) is 0 Å². The van der Waals surface area contributed by atoms with Crippen molar-refractivity contribution in [3.8, 4) is 0 Å². The maximum Gasteiger partial charge on any atom is 0.340 e. The number of carbonyl (C=O) groups excluding carboxylic acids is 1. The molecule has 0 aliphatic carbocycles. The van der Waals surface area contributed by atoms with Crippen molar-refractivity contribution in [2.75, 3.05) is 33.0 Å². The molecule has 0 aromatic heterocycles. The van der Waals surface area contributed by atoms with Gasteiger partial charge in [0.2, 0.25) is 7.37 Å². The van der Waals surface area contributed by atoms with E-state index < -0.39 is 25.3 Å². The molecule has 0 bridgehead atoms. The van der Waals surface area contributed by atoms with Crippen LogP contribution in [0.5, 0.6) is 0 Å². The lowest BCUT2D eigenvalue weighted by molar-refractivity contribution is -0.906. The lowest BCUT2D eigenvalue weighted by Crippen LogP contribution is -2.57. The Morgan fingerprint density at radius 2 is 1.93 bits per heavy atom. The average molecular weight is 410 g/mol. The third kappa shape index (κ3) is 6.03. The summed E-state index contributed by atoms with van der Waals surface area (Å²) in [6.07, 6.45) is 0.967. The fraction of sp³-hybridized carbons (Fsp3) is 0.500. The number of carbonyl (C=O) groups is 2. The molecule has 1 aliphatic rings. The Kier molecular flexibility index (Phi) is 7.21. The first-order chi connectivity index (χ1) is 13.0. The zero-order chi connectivity index (χ0) is 20.9. The van der Waals surface area contributed by atoms with Crippen LogP contribution in [0.1, 0.15) is 19.4 Å². The molecule has 1 aliphatic heterocycles. The molecule has 1 N–H and O–H groups in total. The number of aliphatic carboxylic acids is 1. The third-order valence-electron chi connectivity index (χ3n) is 4.84. The Morgan fingerprint density at radius 1 is 1.29 bits per heavy atom. The molecule has 2 rings (SSSR count). The second-order valence-corrected chi connectivity index (χ2v) is 10.6. The number of hydrogen-bond acceptors (Lipinski definition) is 5. The summed E-state index contributed by atoms with van der Waals surface area (Å²) in [7, 11) is 0.742. The molecular weight excluding hydrogens is 381 g/mol. The first-order valence-electron chi connectivity index (χ1n) is 9.27. The highest BCUT2D eigenvalue weighted by Gasteiger charge is 2.47. The maximum absolute atomic E-state index is 13.4. The highest BCUT2D eigenvalue weighted by molar-refractivity contribution is 7.59. The monoisotopic (exact) mass is 410 g/mol. The molecule has 7 nitrogen and oxygen atoms in total. The summed E-state index contributed by atoms with van der Waals surface area (Å²) in [5.74, 6) is -1.92. The van der Waals surface area contributed by atoms with Gasteiger partial charge in [0, 0.05) is 6.08 Å². The summed E-state index contributed by atoms with van der Waals surface area (Å²) < 4.78 is 24.8. The van der Waals surface area contributed by atoms with E-state index in [9.17, 15) is 19.3 Å². The minimum absolute atomic E-state index is 0.0226. The minimum Gasteiger partial charge on any atom is -0.478 e. The summed E-state index contributed by atoms with van der Waals surface area (Å²) in [5, 5.41) is 9.26. The molecule has 8 heteroatoms. The molecule has 0 spiro atoms. The predicted octanol–water partition coefficient (Wildman–Crippen LogP) is 2.90. The van der Waals surface area contributed by atoms with Crippen LogP contribution in [0.25, 0.3) is 0 Å². The Morgan fingerprint density at radius 3 is 2.50 bits per heavy atom. The lowest BCUT2D eigenvalue weighted by Gasteiger charge is -2.44. The first kappa shape index (κ1) is 22.3. The molecule has 1 fully saturated rings. The number of rotatable bonds is 7. The number of benzene rings is 1. The Bertz CT molecular complexity index is 787. The summed E-state index contributed by atoms with van der Waals surface area (Å²) in [5.41, 5.74) is 0.934. The van der Waals surface area contributed by atoms with Crippen LogP contribution < -0.4 is 0 Å². The normalized spacial score (nSPS) is 24.8. The number of quaternary nitrogens is 1. The number of carboxylic acids is 1. The Hall–Kier alpha value is -1.95. The zero-order valence-corrected chi connectivity index (χ0v) is 17.7. The van der Waals surface area contributed by atoms with Crippen LogP contribution in [0, 0.1) is 0 Å². The van der Waals surface area contributed by atoms with Crippen molar-refractivity contribution in [2.24, 2.45) is 0 Å². The van der Waals surface area contributed by atoms with E-state index >= 15 is 0 Å². The van der Waals surface area contributed by atoms with Gasteiger partial charge in [-0.25, -0.2) is 9.59 Å². The van der Waals surface area contributed by atoms with Crippen LogP contribution in [0.15, 0.2) is 42.0 Å². The molecule has 1 aromatic rings. The molecule has 0 radical (unpaired) electrons. The molecule has 2 unspecified atom stereocenters. The van der Waals surface area contributed by atoms with Crippen molar-refractivity contribution >= 4 is 19.3 Å². The van der Waals surface area contributed by atoms with E-state index in [1.807, 2.05) is 44.4 Å². The van der Waals surface area contributed by atoms with Gasteiger partial charge in [-0.15, -0.1) is 0 Å². The van der Waals surface area contributed by atoms with Crippen LogP contribution in [0.3, 0.4) is 0 Å². The second-order valence-electron chi connectivity index (χ2n) is 7.89. The van der Waals surface area contributed by atoms with Gasteiger partial charge in [0.25, 0.3) is 0 Å². The lowest BCUT2D eigenvalue weighted by atomic mass is 10.0. The highest BCUT2D eigenvalue weighted by atomic mass is 31.2. The van der Waals surface area contributed by atoms with Gasteiger partial charge in [-0.3, -0.25) is 4.57 Å². The summed E-state index contributed by atoms with van der Waals surface area (Å²) >= 11 is 0. The number of likely N-dealkylation sites (N-methyl/N-ethyl adjacent to an activating group) is 1. The smallest absolute Gasteiger partial charge is 0.340 e. The van der Waals surface area contributed by atoms with E-state index in [0.717, 1.165) is 11.6 Å². The molecule has 2 atom stereocenters. The number of esters is 1. The van der Waals surface area contributed by atoms with Gasteiger partial charge in [0.05, 0.1) is 45.7 Å². The summed E-state index contributed by atoms with van der Waals surface area (Å²) in [4.78, 5) is 23.9. The number of carboxylic acid groups (broad SMARTS) is 1. The van der Waals surface area contributed by atoms with Gasteiger partial charge in [-0.05, 0) is 19.4 Å². The van der Waals surface area contributed by atoms with Crippen LogP contribution >= 0.6 is 7.37 Å². The van der Waals surface area contributed by atoms with Crippen molar-refractivity contribution in [2.45, 2.75) is 32.6 Å². The van der Waals surface area contributed by atoms with Crippen LogP contribution in [0.2, 0.25) is 0 Å². The van der Waals surface area contributed by atoms with Crippen molar-refractivity contribution < 1.29 is 33.0 Å². The van der Waals surface area contributed by atoms with Gasteiger partial charge in [0.1, 0.15) is 11.6 Å². The average Bonchev–Trinajstić information content (AvgIpc) is 2.61. The second kappa shape index (κ2) is 9.03. The maximum atomic E-state index is 13.4. The van der Waals surface area contributed by atoms with Crippen LogP contribution in [-0.2, 0) is 30.0 Å². The van der Waals surface area contributed by atoms with Gasteiger partial charge in [-0.2, -0.15) is 0 Å². The minimum atomic E-state index is -3.04. The molecule has 0 saturated carbocycles. The molecule has 1 heterocycles. The zero-order valence-electron chi connectivity index (χ0n) is 16.8. The molecule has 28 heavy (non-hydrogen) atoms. The van der Waals surface area contributed by atoms with Gasteiger partial charge >= 0.3 is 11.9 Å². The molecule has 1 saturated heterocycles. The van der Waals surface area contributed by atoms with Gasteiger partial charge < -0.3 is 18.9 Å².